The Morgan fingerprint density at radius 2 is 2.00 bits per heavy atom. The van der Waals surface area contributed by atoms with Crippen LogP contribution in [0, 0.1) is 5.41 Å². The second-order valence-corrected chi connectivity index (χ2v) is 5.36. The lowest BCUT2D eigenvalue weighted by Gasteiger charge is -2.25. The highest BCUT2D eigenvalue weighted by atomic mass is 16.5. The van der Waals surface area contributed by atoms with E-state index in [1.54, 1.807) is 12.0 Å². The first-order valence-corrected chi connectivity index (χ1v) is 6.36. The van der Waals surface area contributed by atoms with Crippen molar-refractivity contribution in [3.05, 3.63) is 0 Å². The summed E-state index contributed by atoms with van der Waals surface area (Å²) in [6.07, 6.45) is 3.37. The monoisotopic (exact) mass is 244 g/mol. The van der Waals surface area contributed by atoms with Crippen molar-refractivity contribution in [2.45, 2.75) is 39.5 Å². The maximum absolute atomic E-state index is 11.8. The second-order valence-electron chi connectivity index (χ2n) is 5.36. The van der Waals surface area contributed by atoms with Crippen LogP contribution in [0.1, 0.15) is 39.5 Å². The molecule has 4 nitrogen and oxygen atoms in total. The lowest BCUT2D eigenvalue weighted by Crippen LogP contribution is -2.29. The lowest BCUT2D eigenvalue weighted by atomic mass is 9.84. The van der Waals surface area contributed by atoms with E-state index in [0.29, 0.717) is 19.6 Å². The summed E-state index contributed by atoms with van der Waals surface area (Å²) in [5.74, 6) is 0.214. The van der Waals surface area contributed by atoms with Gasteiger partial charge in [-0.15, -0.1) is 0 Å². The molecular weight excluding hydrogens is 216 g/mol. The maximum atomic E-state index is 11.8. The summed E-state index contributed by atoms with van der Waals surface area (Å²) >= 11 is 0. The summed E-state index contributed by atoms with van der Waals surface area (Å²) in [6, 6.07) is 0. The summed E-state index contributed by atoms with van der Waals surface area (Å²) in [5, 5.41) is 0. The van der Waals surface area contributed by atoms with Gasteiger partial charge in [-0.3, -0.25) is 4.79 Å². The summed E-state index contributed by atoms with van der Waals surface area (Å²) < 4.78 is 4.97. The molecule has 0 rings (SSSR count). The Morgan fingerprint density at radius 1 is 1.35 bits per heavy atom. The Kier molecular flexibility index (Phi) is 8.17. The van der Waals surface area contributed by atoms with Gasteiger partial charge in [-0.25, -0.2) is 0 Å². The third kappa shape index (κ3) is 8.16. The highest BCUT2D eigenvalue weighted by Gasteiger charge is 2.19. The molecule has 17 heavy (non-hydrogen) atoms. The number of nitrogens with zero attached hydrogens (tertiary/aromatic N) is 1. The molecule has 0 bridgehead atoms. The van der Waals surface area contributed by atoms with Gasteiger partial charge in [0.15, 0.2) is 0 Å². The van der Waals surface area contributed by atoms with E-state index in [1.807, 2.05) is 7.05 Å². The lowest BCUT2D eigenvalue weighted by molar-refractivity contribution is -0.130. The molecule has 1 amide bonds. The summed E-state index contributed by atoms with van der Waals surface area (Å²) in [5.41, 5.74) is 5.72. The van der Waals surface area contributed by atoms with Crippen molar-refractivity contribution in [2.75, 3.05) is 33.9 Å². The first-order valence-electron chi connectivity index (χ1n) is 6.36. The van der Waals surface area contributed by atoms with Crippen LogP contribution in [0.5, 0.6) is 0 Å². The average Bonchev–Trinajstić information content (AvgIpc) is 2.26. The van der Waals surface area contributed by atoms with E-state index >= 15 is 0 Å². The molecule has 0 aliphatic rings. The van der Waals surface area contributed by atoms with Crippen molar-refractivity contribution in [3.63, 3.8) is 0 Å². The van der Waals surface area contributed by atoms with Crippen molar-refractivity contribution >= 4 is 5.91 Å². The van der Waals surface area contributed by atoms with Gasteiger partial charge in [-0.05, 0) is 31.2 Å². The first-order chi connectivity index (χ1) is 7.93. The normalized spacial score (nSPS) is 11.6. The van der Waals surface area contributed by atoms with Crippen LogP contribution >= 0.6 is 0 Å². The van der Waals surface area contributed by atoms with E-state index in [0.717, 1.165) is 25.8 Å². The smallest absolute Gasteiger partial charge is 0.222 e. The Balaban J connectivity index is 3.84. The van der Waals surface area contributed by atoms with Gasteiger partial charge in [0.25, 0.3) is 0 Å². The molecule has 0 atom stereocenters. The quantitative estimate of drug-likeness (QED) is 0.627. The summed E-state index contributed by atoms with van der Waals surface area (Å²) in [7, 11) is 3.53. The van der Waals surface area contributed by atoms with Crippen molar-refractivity contribution in [3.8, 4) is 0 Å². The number of carbonyl (C=O) groups is 1. The number of amides is 1. The molecule has 2 N–H and O–H groups in total. The van der Waals surface area contributed by atoms with Crippen LogP contribution in [0.2, 0.25) is 0 Å². The fourth-order valence-electron chi connectivity index (χ4n) is 1.72. The second kappa shape index (κ2) is 8.48. The van der Waals surface area contributed by atoms with Gasteiger partial charge < -0.3 is 15.4 Å². The number of ether oxygens (including phenoxy) is 1. The average molecular weight is 244 g/mol. The topological polar surface area (TPSA) is 55.6 Å². The highest BCUT2D eigenvalue weighted by Crippen LogP contribution is 2.26. The van der Waals surface area contributed by atoms with Crippen LogP contribution in [-0.2, 0) is 9.53 Å². The molecule has 102 valence electrons. The molecule has 0 aromatic heterocycles. The number of rotatable bonds is 9. The van der Waals surface area contributed by atoms with Gasteiger partial charge in [-0.1, -0.05) is 13.8 Å². The molecule has 0 unspecified atom stereocenters. The van der Waals surface area contributed by atoms with Crippen molar-refractivity contribution in [2.24, 2.45) is 11.1 Å². The molecule has 0 aromatic rings. The standard InChI is InChI=1S/C13H28N2O2/c1-13(2,8-9-14)7-6-12(16)15(3)10-5-11-17-4/h5-11,14H2,1-4H3. The van der Waals surface area contributed by atoms with Crippen LogP contribution in [0.25, 0.3) is 0 Å². The molecule has 0 fully saturated rings. The molecule has 0 aromatic carbocycles. The molecule has 0 spiro atoms. The van der Waals surface area contributed by atoms with Crippen molar-refractivity contribution in [1.82, 2.24) is 4.90 Å². The zero-order valence-corrected chi connectivity index (χ0v) is 11.8. The third-order valence-corrected chi connectivity index (χ3v) is 3.10. The molecular formula is C13H28N2O2. The molecule has 4 heteroatoms. The van der Waals surface area contributed by atoms with E-state index < -0.39 is 0 Å². The van der Waals surface area contributed by atoms with Crippen LogP contribution in [0.3, 0.4) is 0 Å². The molecule has 0 heterocycles. The molecule has 0 aliphatic heterocycles. The van der Waals surface area contributed by atoms with Crippen LogP contribution in [-0.4, -0.2) is 44.7 Å². The van der Waals surface area contributed by atoms with Crippen LogP contribution in [0.15, 0.2) is 0 Å². The molecule has 0 radical (unpaired) electrons. The molecule has 0 saturated heterocycles. The van der Waals surface area contributed by atoms with E-state index in [-0.39, 0.29) is 11.3 Å². The van der Waals surface area contributed by atoms with Crippen molar-refractivity contribution in [1.29, 1.82) is 0 Å². The van der Waals surface area contributed by atoms with Gasteiger partial charge in [-0.2, -0.15) is 0 Å². The van der Waals surface area contributed by atoms with Gasteiger partial charge in [0.05, 0.1) is 0 Å². The SMILES string of the molecule is COCCCN(C)C(=O)CCC(C)(C)CCN. The summed E-state index contributed by atoms with van der Waals surface area (Å²) in [6.45, 7) is 6.49. The number of methoxy groups -OCH3 is 1. The fourth-order valence-corrected chi connectivity index (χ4v) is 1.72. The van der Waals surface area contributed by atoms with E-state index in [2.05, 4.69) is 13.8 Å². The van der Waals surface area contributed by atoms with Gasteiger partial charge in [0.1, 0.15) is 0 Å². The number of hydrogen-bond acceptors (Lipinski definition) is 3. The largest absolute Gasteiger partial charge is 0.385 e. The van der Waals surface area contributed by atoms with Gasteiger partial charge in [0.2, 0.25) is 5.91 Å². The maximum Gasteiger partial charge on any atom is 0.222 e. The molecule has 0 aliphatic carbocycles. The van der Waals surface area contributed by atoms with Gasteiger partial charge in [0, 0.05) is 33.7 Å². The minimum Gasteiger partial charge on any atom is -0.385 e. The predicted molar refractivity (Wildman–Crippen MR) is 70.8 cm³/mol. The summed E-state index contributed by atoms with van der Waals surface area (Å²) in [4.78, 5) is 13.6. The van der Waals surface area contributed by atoms with Crippen LogP contribution in [0.4, 0.5) is 0 Å². The Labute approximate surface area is 105 Å². The number of nitrogens with two attached hydrogens (primary N) is 1. The predicted octanol–water partition coefficient (Wildman–Crippen LogP) is 1.64. The third-order valence-electron chi connectivity index (χ3n) is 3.10. The fraction of sp³-hybridized carbons (Fsp3) is 0.923. The van der Waals surface area contributed by atoms with Gasteiger partial charge >= 0.3 is 0 Å². The number of carbonyl (C=O) groups excluding carboxylic acids is 1. The number of hydrogen-bond donors (Lipinski definition) is 1. The Hall–Kier alpha value is -0.610. The first kappa shape index (κ1) is 16.4. The zero-order chi connectivity index (χ0) is 13.3. The van der Waals surface area contributed by atoms with E-state index in [9.17, 15) is 4.79 Å². The zero-order valence-electron chi connectivity index (χ0n) is 11.8. The van der Waals surface area contributed by atoms with E-state index in [4.69, 9.17) is 10.5 Å². The minimum atomic E-state index is 0.164. The van der Waals surface area contributed by atoms with Crippen molar-refractivity contribution < 1.29 is 9.53 Å². The van der Waals surface area contributed by atoms with E-state index in [1.165, 1.54) is 0 Å². The highest BCUT2D eigenvalue weighted by molar-refractivity contribution is 5.75. The Bertz CT molecular complexity index is 217. The minimum absolute atomic E-state index is 0.164. The van der Waals surface area contributed by atoms with Crippen LogP contribution < -0.4 is 5.73 Å². The molecule has 0 saturated carbocycles. The Morgan fingerprint density at radius 3 is 2.53 bits per heavy atom.